The van der Waals surface area contributed by atoms with Crippen molar-refractivity contribution in [1.82, 2.24) is 14.9 Å². The lowest BCUT2D eigenvalue weighted by Crippen LogP contribution is -2.41. The second-order valence-electron chi connectivity index (χ2n) is 9.26. The van der Waals surface area contributed by atoms with E-state index in [-0.39, 0.29) is 12.5 Å². The Kier molecular flexibility index (Phi) is 7.28. The van der Waals surface area contributed by atoms with Crippen LogP contribution in [0.5, 0.6) is 5.88 Å². The lowest BCUT2D eigenvalue weighted by molar-refractivity contribution is -0.137. The highest BCUT2D eigenvalue weighted by Crippen LogP contribution is 2.43. The Morgan fingerprint density at radius 1 is 1.11 bits per heavy atom. The van der Waals surface area contributed by atoms with E-state index in [1.165, 1.54) is 11.9 Å². The predicted octanol–water partition coefficient (Wildman–Crippen LogP) is 5.83. The number of carboxylic acids is 1. The molecule has 4 aromatic rings. The van der Waals surface area contributed by atoms with E-state index in [0.29, 0.717) is 18.0 Å². The number of furan rings is 1. The second kappa shape index (κ2) is 10.9. The van der Waals surface area contributed by atoms with Crippen LogP contribution in [-0.2, 0) is 11.2 Å². The molecule has 1 atom stereocenters. The Balaban J connectivity index is 1.50. The van der Waals surface area contributed by atoms with Crippen molar-refractivity contribution in [2.24, 2.45) is 0 Å². The normalized spacial score (nSPS) is 16.3. The number of aryl methyl sites for hydroxylation is 1. The molecule has 2 aromatic heterocycles. The van der Waals surface area contributed by atoms with E-state index in [4.69, 9.17) is 14.3 Å². The van der Waals surface area contributed by atoms with Gasteiger partial charge in [0.15, 0.2) is 0 Å². The number of hydrogen-bond acceptors (Lipinski definition) is 6. The van der Waals surface area contributed by atoms with Crippen LogP contribution in [-0.4, -0.2) is 51.7 Å². The fourth-order valence-electron chi connectivity index (χ4n) is 4.90. The number of likely N-dealkylation sites (tertiary alicyclic amines) is 1. The average molecular weight is 486 g/mol. The van der Waals surface area contributed by atoms with E-state index in [1.807, 2.05) is 30.3 Å². The quantitative estimate of drug-likeness (QED) is 0.319. The summed E-state index contributed by atoms with van der Waals surface area (Å²) in [6.45, 7) is 4.60. The van der Waals surface area contributed by atoms with E-state index in [0.717, 1.165) is 66.7 Å². The number of benzene rings is 2. The molecule has 0 spiro atoms. The highest BCUT2D eigenvalue weighted by Gasteiger charge is 2.26. The minimum atomic E-state index is -0.753. The molecule has 0 aliphatic carbocycles. The third-order valence-corrected chi connectivity index (χ3v) is 6.75. The molecule has 5 rings (SSSR count). The summed E-state index contributed by atoms with van der Waals surface area (Å²) in [5.74, 6) is 0.522. The number of aliphatic carboxylic acids is 1. The zero-order chi connectivity index (χ0) is 24.9. The summed E-state index contributed by atoms with van der Waals surface area (Å²) in [6, 6.07) is 18.6. The fraction of sp³-hybridized carbons (Fsp3) is 0.345. The number of hydrogen-bond donors (Lipinski definition) is 1. The first-order valence-electron chi connectivity index (χ1n) is 12.7. The monoisotopic (exact) mass is 485 g/mol. The maximum atomic E-state index is 10.9. The molecule has 0 unspecified atom stereocenters. The van der Waals surface area contributed by atoms with Crippen LogP contribution in [0, 0.1) is 0 Å². The summed E-state index contributed by atoms with van der Waals surface area (Å²) in [5, 5.41) is 9.74. The minimum Gasteiger partial charge on any atom is -0.481 e. The molecule has 36 heavy (non-hydrogen) atoms. The number of aromatic nitrogens is 2. The van der Waals surface area contributed by atoms with Crippen LogP contribution >= 0.6 is 0 Å². The number of carboxylic acid groups (broad SMARTS) is 1. The summed E-state index contributed by atoms with van der Waals surface area (Å²) in [5.41, 5.74) is 4.71. The summed E-state index contributed by atoms with van der Waals surface area (Å²) >= 11 is 0. The van der Waals surface area contributed by atoms with Gasteiger partial charge in [0.2, 0.25) is 11.6 Å². The van der Waals surface area contributed by atoms with Gasteiger partial charge in [-0.1, -0.05) is 61.5 Å². The molecule has 1 N–H and O–H groups in total. The Labute approximate surface area is 210 Å². The smallest absolute Gasteiger partial charge is 0.303 e. The Morgan fingerprint density at radius 3 is 2.67 bits per heavy atom. The van der Waals surface area contributed by atoms with Gasteiger partial charge in [0, 0.05) is 24.1 Å². The molecular formula is C29H31N3O4. The van der Waals surface area contributed by atoms with Crippen molar-refractivity contribution in [2.45, 2.75) is 45.1 Å². The fourth-order valence-corrected chi connectivity index (χ4v) is 4.90. The maximum Gasteiger partial charge on any atom is 0.303 e. The molecule has 7 heteroatoms. The van der Waals surface area contributed by atoms with E-state index >= 15 is 0 Å². The molecule has 3 heterocycles. The van der Waals surface area contributed by atoms with Crippen LogP contribution in [0.3, 0.4) is 0 Å². The Hall–Kier alpha value is -3.71. The standard InChI is InChI=1S/C29H31N3O4/c1-2-20-12-14-21(15-13-20)25-26-28(35-23-10-6-16-32(18-23)17-7-11-24(33)34)30-19-31-29(26)36-27(25)22-8-4-3-5-9-22/h3-5,8-9,12-15,19,23H,2,6-7,10-11,16-18H2,1H3,(H,33,34)/t23-/m0/s1. The third-order valence-electron chi connectivity index (χ3n) is 6.75. The molecule has 1 aliphatic heterocycles. The average Bonchev–Trinajstić information content (AvgIpc) is 3.30. The van der Waals surface area contributed by atoms with Crippen LogP contribution in [0.2, 0.25) is 0 Å². The van der Waals surface area contributed by atoms with E-state index in [2.05, 4.69) is 46.1 Å². The zero-order valence-corrected chi connectivity index (χ0v) is 20.5. The molecule has 0 bridgehead atoms. The minimum absolute atomic E-state index is 0.0351. The van der Waals surface area contributed by atoms with Gasteiger partial charge in [-0.2, -0.15) is 0 Å². The van der Waals surface area contributed by atoms with Crippen molar-refractivity contribution in [2.75, 3.05) is 19.6 Å². The van der Waals surface area contributed by atoms with Crippen molar-refractivity contribution >= 4 is 17.1 Å². The van der Waals surface area contributed by atoms with Crippen LogP contribution in [0.4, 0.5) is 0 Å². The van der Waals surface area contributed by atoms with Crippen LogP contribution in [0.15, 0.2) is 65.3 Å². The molecule has 0 amide bonds. The molecule has 1 saturated heterocycles. The number of ether oxygens (including phenoxy) is 1. The summed E-state index contributed by atoms with van der Waals surface area (Å²) in [6.07, 6.45) is 5.18. The van der Waals surface area contributed by atoms with Crippen LogP contribution in [0.1, 0.15) is 38.2 Å². The van der Waals surface area contributed by atoms with Gasteiger partial charge in [-0.15, -0.1) is 0 Å². The number of nitrogens with zero attached hydrogens (tertiary/aromatic N) is 3. The molecular weight excluding hydrogens is 454 g/mol. The predicted molar refractivity (Wildman–Crippen MR) is 139 cm³/mol. The first kappa shape index (κ1) is 24.0. The number of piperidine rings is 1. The lowest BCUT2D eigenvalue weighted by Gasteiger charge is -2.32. The molecule has 1 aliphatic rings. The SMILES string of the molecule is CCc1ccc(-c2c(-c3ccccc3)oc3ncnc(O[C@H]4CCCN(CCCC(=O)O)C4)c23)cc1. The van der Waals surface area contributed by atoms with Gasteiger partial charge in [-0.25, -0.2) is 9.97 Å². The lowest BCUT2D eigenvalue weighted by atomic mass is 9.98. The topological polar surface area (TPSA) is 88.7 Å². The molecule has 7 nitrogen and oxygen atoms in total. The van der Waals surface area contributed by atoms with Crippen molar-refractivity contribution in [3.8, 4) is 28.3 Å². The molecule has 0 saturated carbocycles. The first-order valence-corrected chi connectivity index (χ1v) is 12.7. The zero-order valence-electron chi connectivity index (χ0n) is 20.5. The summed E-state index contributed by atoms with van der Waals surface area (Å²) < 4.78 is 12.8. The molecule has 0 radical (unpaired) electrons. The summed E-state index contributed by atoms with van der Waals surface area (Å²) in [7, 11) is 0. The Morgan fingerprint density at radius 2 is 1.92 bits per heavy atom. The van der Waals surface area contributed by atoms with Gasteiger partial charge in [0.05, 0.1) is 0 Å². The van der Waals surface area contributed by atoms with Crippen LogP contribution in [0.25, 0.3) is 33.6 Å². The number of fused-ring (bicyclic) bond motifs is 1. The first-order chi connectivity index (χ1) is 17.6. The van der Waals surface area contributed by atoms with Gasteiger partial charge in [0.1, 0.15) is 23.6 Å². The second-order valence-corrected chi connectivity index (χ2v) is 9.26. The van der Waals surface area contributed by atoms with E-state index in [1.54, 1.807) is 0 Å². The highest BCUT2D eigenvalue weighted by molar-refractivity contribution is 6.03. The maximum absolute atomic E-state index is 10.9. The number of rotatable bonds is 9. The molecule has 2 aromatic carbocycles. The van der Waals surface area contributed by atoms with Crippen molar-refractivity contribution in [3.63, 3.8) is 0 Å². The van der Waals surface area contributed by atoms with E-state index < -0.39 is 5.97 Å². The summed E-state index contributed by atoms with van der Waals surface area (Å²) in [4.78, 5) is 22.2. The van der Waals surface area contributed by atoms with Crippen molar-refractivity contribution in [3.05, 3.63) is 66.5 Å². The van der Waals surface area contributed by atoms with Gasteiger partial charge >= 0.3 is 5.97 Å². The van der Waals surface area contributed by atoms with Gasteiger partial charge in [-0.05, 0) is 49.9 Å². The van der Waals surface area contributed by atoms with Crippen LogP contribution < -0.4 is 4.74 Å². The Bertz CT molecular complexity index is 1320. The molecule has 186 valence electrons. The number of carbonyl (C=O) groups is 1. The molecule has 1 fully saturated rings. The largest absolute Gasteiger partial charge is 0.481 e. The third kappa shape index (κ3) is 5.26. The highest BCUT2D eigenvalue weighted by atomic mass is 16.5. The van der Waals surface area contributed by atoms with E-state index in [9.17, 15) is 4.79 Å². The van der Waals surface area contributed by atoms with Crippen molar-refractivity contribution < 1.29 is 19.1 Å². The van der Waals surface area contributed by atoms with Gasteiger partial charge in [-0.3, -0.25) is 9.69 Å². The van der Waals surface area contributed by atoms with Crippen molar-refractivity contribution in [1.29, 1.82) is 0 Å². The van der Waals surface area contributed by atoms with Gasteiger partial charge in [0.25, 0.3) is 0 Å². The van der Waals surface area contributed by atoms with Gasteiger partial charge < -0.3 is 14.3 Å².